The fraction of sp³-hybridized carbons (Fsp3) is 0.190. The molecule has 25 heavy (non-hydrogen) atoms. The van der Waals surface area contributed by atoms with Crippen molar-refractivity contribution in [2.45, 2.75) is 20.0 Å². The summed E-state index contributed by atoms with van der Waals surface area (Å²) in [7, 11) is 1.59. The second-order valence-electron chi connectivity index (χ2n) is 5.92. The molecule has 4 nitrogen and oxygen atoms in total. The zero-order valence-corrected chi connectivity index (χ0v) is 14.5. The van der Waals surface area contributed by atoms with Gasteiger partial charge in [0.15, 0.2) is 17.3 Å². The van der Waals surface area contributed by atoms with Crippen LogP contribution in [0.15, 0.2) is 59.0 Å². The molecule has 0 spiro atoms. The molecule has 4 heteroatoms. The molecule has 0 N–H and O–H groups in total. The van der Waals surface area contributed by atoms with Crippen molar-refractivity contribution < 1.29 is 18.7 Å². The first-order valence-corrected chi connectivity index (χ1v) is 8.12. The van der Waals surface area contributed by atoms with Crippen LogP contribution in [0.25, 0.3) is 17.0 Å². The number of rotatable bonds is 6. The standard InChI is InChI=1S/C21H20O4/c1-14(2)24-19-11-9-15(12-21(19)23-3)8-10-17(22)20-13-16-6-4-5-7-18(16)25-20/h4-14H,1-3H3. The minimum atomic E-state index is -0.183. The summed E-state index contributed by atoms with van der Waals surface area (Å²) in [6, 6.07) is 14.8. The number of methoxy groups -OCH3 is 1. The second kappa shape index (κ2) is 7.26. The number of furan rings is 1. The Kier molecular flexibility index (Phi) is 4.89. The van der Waals surface area contributed by atoms with Gasteiger partial charge in [0.05, 0.1) is 13.2 Å². The number of hydrogen-bond donors (Lipinski definition) is 0. The van der Waals surface area contributed by atoms with Crippen LogP contribution in [-0.4, -0.2) is 19.0 Å². The maximum Gasteiger partial charge on any atom is 0.221 e. The summed E-state index contributed by atoms with van der Waals surface area (Å²) in [5.41, 5.74) is 1.55. The first kappa shape index (κ1) is 16.8. The highest BCUT2D eigenvalue weighted by Gasteiger charge is 2.10. The van der Waals surface area contributed by atoms with Crippen molar-refractivity contribution in [2.24, 2.45) is 0 Å². The molecule has 128 valence electrons. The summed E-state index contributed by atoms with van der Waals surface area (Å²) in [6.45, 7) is 3.92. The number of carbonyl (C=O) groups is 1. The summed E-state index contributed by atoms with van der Waals surface area (Å²) < 4.78 is 16.6. The van der Waals surface area contributed by atoms with Crippen LogP contribution in [0.3, 0.4) is 0 Å². The van der Waals surface area contributed by atoms with E-state index in [1.54, 1.807) is 19.3 Å². The first-order valence-electron chi connectivity index (χ1n) is 8.12. The normalized spacial score (nSPS) is 11.4. The molecule has 3 rings (SSSR count). The zero-order chi connectivity index (χ0) is 17.8. The smallest absolute Gasteiger partial charge is 0.221 e. The van der Waals surface area contributed by atoms with E-state index in [-0.39, 0.29) is 11.9 Å². The van der Waals surface area contributed by atoms with E-state index in [1.807, 2.05) is 56.3 Å². The summed E-state index contributed by atoms with van der Waals surface area (Å²) in [4.78, 5) is 12.3. The van der Waals surface area contributed by atoms with E-state index in [0.29, 0.717) is 22.8 Å². The van der Waals surface area contributed by atoms with Gasteiger partial charge in [0, 0.05) is 5.39 Å². The topological polar surface area (TPSA) is 48.7 Å². The molecule has 0 aliphatic rings. The summed E-state index contributed by atoms with van der Waals surface area (Å²) >= 11 is 0. The fourth-order valence-electron chi connectivity index (χ4n) is 2.50. The van der Waals surface area contributed by atoms with Crippen molar-refractivity contribution in [1.82, 2.24) is 0 Å². The van der Waals surface area contributed by atoms with Crippen LogP contribution in [0.1, 0.15) is 30.0 Å². The number of carbonyl (C=O) groups excluding carboxylic acids is 1. The first-order chi connectivity index (χ1) is 12.1. The Balaban J connectivity index is 1.79. The largest absolute Gasteiger partial charge is 0.493 e. The molecule has 0 atom stereocenters. The summed E-state index contributed by atoms with van der Waals surface area (Å²) in [5.74, 6) is 1.45. The van der Waals surface area contributed by atoms with Crippen LogP contribution in [0, 0.1) is 0 Å². The van der Waals surface area contributed by atoms with Gasteiger partial charge in [0.1, 0.15) is 5.58 Å². The molecular formula is C21H20O4. The molecule has 3 aromatic rings. The molecule has 0 fully saturated rings. The molecule has 0 saturated heterocycles. The lowest BCUT2D eigenvalue weighted by Gasteiger charge is -2.13. The highest BCUT2D eigenvalue weighted by molar-refractivity contribution is 6.06. The van der Waals surface area contributed by atoms with Gasteiger partial charge >= 0.3 is 0 Å². The maximum absolute atomic E-state index is 12.3. The number of ether oxygens (including phenoxy) is 2. The predicted octanol–water partition coefficient (Wildman–Crippen LogP) is 5.12. The molecule has 2 aromatic carbocycles. The molecule has 1 aromatic heterocycles. The Bertz CT molecular complexity index is 886. The van der Waals surface area contributed by atoms with E-state index in [2.05, 4.69) is 0 Å². The second-order valence-corrected chi connectivity index (χ2v) is 5.92. The number of ketones is 1. The molecule has 0 unspecified atom stereocenters. The Morgan fingerprint density at radius 2 is 1.88 bits per heavy atom. The van der Waals surface area contributed by atoms with E-state index in [4.69, 9.17) is 13.9 Å². The molecule has 1 heterocycles. The zero-order valence-electron chi connectivity index (χ0n) is 14.5. The minimum Gasteiger partial charge on any atom is -0.493 e. The summed E-state index contributed by atoms with van der Waals surface area (Å²) in [5, 5.41) is 0.913. The number of allylic oxidation sites excluding steroid dienone is 1. The molecule has 0 saturated carbocycles. The lowest BCUT2D eigenvalue weighted by molar-refractivity contribution is 0.102. The Morgan fingerprint density at radius 3 is 2.60 bits per heavy atom. The van der Waals surface area contributed by atoms with Gasteiger partial charge in [-0.2, -0.15) is 0 Å². The molecular weight excluding hydrogens is 316 g/mol. The van der Waals surface area contributed by atoms with Crippen molar-refractivity contribution in [1.29, 1.82) is 0 Å². The lowest BCUT2D eigenvalue weighted by Crippen LogP contribution is -2.06. The predicted molar refractivity (Wildman–Crippen MR) is 98.3 cm³/mol. The number of benzene rings is 2. The SMILES string of the molecule is COc1cc(C=CC(=O)c2cc3ccccc3o2)ccc1OC(C)C. The van der Waals surface area contributed by atoms with Crippen LogP contribution >= 0.6 is 0 Å². The average molecular weight is 336 g/mol. The monoisotopic (exact) mass is 336 g/mol. The van der Waals surface area contributed by atoms with Crippen molar-refractivity contribution in [3.05, 3.63) is 65.9 Å². The van der Waals surface area contributed by atoms with Gasteiger partial charge in [-0.1, -0.05) is 30.3 Å². The van der Waals surface area contributed by atoms with E-state index in [1.165, 1.54) is 6.08 Å². The van der Waals surface area contributed by atoms with Gasteiger partial charge in [-0.25, -0.2) is 0 Å². The molecule has 0 aliphatic carbocycles. The van der Waals surface area contributed by atoms with Crippen LogP contribution in [0.5, 0.6) is 11.5 Å². The summed E-state index contributed by atoms with van der Waals surface area (Å²) in [6.07, 6.45) is 3.29. The van der Waals surface area contributed by atoms with Crippen LogP contribution < -0.4 is 9.47 Å². The fourth-order valence-corrected chi connectivity index (χ4v) is 2.50. The van der Waals surface area contributed by atoms with Gasteiger partial charge < -0.3 is 13.9 Å². The Morgan fingerprint density at radius 1 is 1.08 bits per heavy atom. The number of fused-ring (bicyclic) bond motifs is 1. The van der Waals surface area contributed by atoms with Crippen molar-refractivity contribution >= 4 is 22.8 Å². The highest BCUT2D eigenvalue weighted by Crippen LogP contribution is 2.29. The van der Waals surface area contributed by atoms with E-state index in [0.717, 1.165) is 10.9 Å². The minimum absolute atomic E-state index is 0.0601. The third kappa shape index (κ3) is 3.91. The maximum atomic E-state index is 12.3. The van der Waals surface area contributed by atoms with Crippen LogP contribution in [-0.2, 0) is 0 Å². The molecule has 0 radical (unpaired) electrons. The lowest BCUT2D eigenvalue weighted by atomic mass is 10.1. The molecule has 0 bridgehead atoms. The molecule has 0 amide bonds. The number of para-hydroxylation sites is 1. The quantitative estimate of drug-likeness (QED) is 0.463. The number of hydrogen-bond acceptors (Lipinski definition) is 4. The van der Waals surface area contributed by atoms with Crippen LogP contribution in [0.4, 0.5) is 0 Å². The van der Waals surface area contributed by atoms with Gasteiger partial charge in [0.2, 0.25) is 5.78 Å². The Labute approximate surface area is 146 Å². The van der Waals surface area contributed by atoms with Gasteiger partial charge in [-0.05, 0) is 49.8 Å². The van der Waals surface area contributed by atoms with E-state index in [9.17, 15) is 4.79 Å². The average Bonchev–Trinajstić information content (AvgIpc) is 3.04. The third-order valence-corrected chi connectivity index (χ3v) is 3.65. The van der Waals surface area contributed by atoms with Crippen molar-refractivity contribution in [3.63, 3.8) is 0 Å². The van der Waals surface area contributed by atoms with Gasteiger partial charge in [-0.3, -0.25) is 4.79 Å². The van der Waals surface area contributed by atoms with Crippen molar-refractivity contribution in [3.8, 4) is 11.5 Å². The molecule has 0 aliphatic heterocycles. The van der Waals surface area contributed by atoms with E-state index >= 15 is 0 Å². The van der Waals surface area contributed by atoms with Gasteiger partial charge in [0.25, 0.3) is 0 Å². The van der Waals surface area contributed by atoms with Crippen LogP contribution in [0.2, 0.25) is 0 Å². The van der Waals surface area contributed by atoms with Crippen molar-refractivity contribution in [2.75, 3.05) is 7.11 Å². The van der Waals surface area contributed by atoms with Gasteiger partial charge in [-0.15, -0.1) is 0 Å². The third-order valence-electron chi connectivity index (χ3n) is 3.65. The highest BCUT2D eigenvalue weighted by atomic mass is 16.5. The Hall–Kier alpha value is -3.01. The van der Waals surface area contributed by atoms with E-state index < -0.39 is 0 Å².